The lowest BCUT2D eigenvalue weighted by molar-refractivity contribution is 0.611. The molecule has 0 unspecified atom stereocenters. The maximum absolute atomic E-state index is 12.4. The number of halogens is 2. The van der Waals surface area contributed by atoms with Crippen LogP contribution in [0.2, 0.25) is 0 Å². The van der Waals surface area contributed by atoms with Crippen LogP contribution in [-0.4, -0.2) is 4.98 Å². The van der Waals surface area contributed by atoms with E-state index >= 15 is 0 Å². The molecule has 48 valence electrons. The fourth-order valence-electron chi connectivity index (χ4n) is 0.505. The molecule has 3 heteroatoms. The predicted molar refractivity (Wildman–Crippen MR) is 41.6 cm³/mol. The maximum atomic E-state index is 12.4. The number of hydrogen-bond acceptors (Lipinski definition) is 1. The van der Waals surface area contributed by atoms with Crippen molar-refractivity contribution in [1.29, 1.82) is 0 Å². The molecule has 1 aromatic rings. The lowest BCUT2D eigenvalue weighted by atomic mass is 10.3. The Kier molecular flexibility index (Phi) is 2.00. The highest BCUT2D eigenvalue weighted by molar-refractivity contribution is 14.1. The van der Waals surface area contributed by atoms with Crippen LogP contribution in [0, 0.1) is 16.4 Å². The summed E-state index contributed by atoms with van der Waals surface area (Å²) < 4.78 is 13.3. The van der Waals surface area contributed by atoms with Crippen LogP contribution >= 0.6 is 22.6 Å². The molecule has 0 amide bonds. The fraction of sp³-hybridized carbons (Fsp3) is 0.167. The SMILES string of the molecule is Cc1cc(I)ncc1F. The van der Waals surface area contributed by atoms with E-state index in [1.807, 2.05) is 22.6 Å². The normalized spacial score (nSPS) is 9.67. The predicted octanol–water partition coefficient (Wildman–Crippen LogP) is 2.13. The number of hydrogen-bond donors (Lipinski definition) is 0. The van der Waals surface area contributed by atoms with Crippen molar-refractivity contribution in [1.82, 2.24) is 4.98 Å². The Balaban J connectivity index is 3.17. The minimum atomic E-state index is -0.240. The molecule has 1 nitrogen and oxygen atoms in total. The Morgan fingerprint density at radius 1 is 1.67 bits per heavy atom. The van der Waals surface area contributed by atoms with Crippen molar-refractivity contribution < 1.29 is 4.39 Å². The first-order chi connectivity index (χ1) is 4.20. The quantitative estimate of drug-likeness (QED) is 0.497. The molecule has 9 heavy (non-hydrogen) atoms. The Bertz CT molecular complexity index is 224. The van der Waals surface area contributed by atoms with Crippen molar-refractivity contribution in [2.45, 2.75) is 6.92 Å². The van der Waals surface area contributed by atoms with E-state index in [9.17, 15) is 4.39 Å². The highest BCUT2D eigenvalue weighted by atomic mass is 127. The van der Waals surface area contributed by atoms with Crippen molar-refractivity contribution in [2.75, 3.05) is 0 Å². The van der Waals surface area contributed by atoms with Gasteiger partial charge in [0.1, 0.15) is 9.52 Å². The molecule has 0 aliphatic rings. The smallest absolute Gasteiger partial charge is 0.144 e. The van der Waals surface area contributed by atoms with Crippen LogP contribution in [0.25, 0.3) is 0 Å². The lowest BCUT2D eigenvalue weighted by Crippen LogP contribution is -1.86. The van der Waals surface area contributed by atoms with E-state index in [4.69, 9.17) is 0 Å². The minimum Gasteiger partial charge on any atom is -0.247 e. The van der Waals surface area contributed by atoms with Gasteiger partial charge < -0.3 is 0 Å². The van der Waals surface area contributed by atoms with Gasteiger partial charge in [-0.05, 0) is 41.1 Å². The van der Waals surface area contributed by atoms with Crippen LogP contribution in [0.3, 0.4) is 0 Å². The van der Waals surface area contributed by atoms with E-state index in [0.717, 1.165) is 3.70 Å². The Morgan fingerprint density at radius 2 is 2.33 bits per heavy atom. The van der Waals surface area contributed by atoms with Gasteiger partial charge in [0.15, 0.2) is 0 Å². The zero-order valence-corrected chi connectivity index (χ0v) is 7.02. The average molecular weight is 237 g/mol. The molecule has 1 heterocycles. The molecular formula is C6H5FIN. The minimum absolute atomic E-state index is 0.240. The first-order valence-electron chi connectivity index (χ1n) is 2.48. The Hall–Kier alpha value is -0.190. The summed E-state index contributed by atoms with van der Waals surface area (Å²) in [7, 11) is 0. The third kappa shape index (κ3) is 1.61. The number of aryl methyl sites for hydroxylation is 1. The molecule has 0 radical (unpaired) electrons. The molecule has 1 aromatic heterocycles. The van der Waals surface area contributed by atoms with Crippen molar-refractivity contribution in [2.24, 2.45) is 0 Å². The molecule has 1 rings (SSSR count). The summed E-state index contributed by atoms with van der Waals surface area (Å²) in [5.74, 6) is -0.240. The van der Waals surface area contributed by atoms with Crippen LogP contribution in [0.15, 0.2) is 12.3 Å². The fourth-order valence-corrected chi connectivity index (χ4v) is 1.11. The van der Waals surface area contributed by atoms with Gasteiger partial charge in [0.2, 0.25) is 0 Å². The third-order valence-electron chi connectivity index (χ3n) is 1.01. The zero-order chi connectivity index (χ0) is 6.85. The summed E-state index contributed by atoms with van der Waals surface area (Å²) in [6.07, 6.45) is 1.23. The second kappa shape index (κ2) is 2.60. The number of aromatic nitrogens is 1. The van der Waals surface area contributed by atoms with Crippen molar-refractivity contribution in [3.63, 3.8) is 0 Å². The summed E-state index contributed by atoms with van der Waals surface area (Å²) in [4.78, 5) is 3.75. The number of pyridine rings is 1. The molecule has 0 saturated carbocycles. The molecule has 0 atom stereocenters. The summed E-state index contributed by atoms with van der Waals surface area (Å²) in [5.41, 5.74) is 0.648. The summed E-state index contributed by atoms with van der Waals surface area (Å²) in [6.45, 7) is 1.72. The maximum Gasteiger partial charge on any atom is 0.144 e. The van der Waals surface area contributed by atoms with Gasteiger partial charge in [-0.25, -0.2) is 9.37 Å². The van der Waals surface area contributed by atoms with Crippen LogP contribution in [0.4, 0.5) is 4.39 Å². The number of nitrogens with zero attached hydrogens (tertiary/aromatic N) is 1. The number of rotatable bonds is 0. The van der Waals surface area contributed by atoms with Gasteiger partial charge in [-0.2, -0.15) is 0 Å². The van der Waals surface area contributed by atoms with Gasteiger partial charge >= 0.3 is 0 Å². The van der Waals surface area contributed by atoms with E-state index in [1.54, 1.807) is 13.0 Å². The first-order valence-corrected chi connectivity index (χ1v) is 3.55. The third-order valence-corrected chi connectivity index (χ3v) is 1.60. The van der Waals surface area contributed by atoms with E-state index in [1.165, 1.54) is 6.20 Å². The van der Waals surface area contributed by atoms with E-state index in [2.05, 4.69) is 4.98 Å². The molecule has 0 bridgehead atoms. The molecule has 0 saturated heterocycles. The molecular weight excluding hydrogens is 232 g/mol. The molecule has 0 aromatic carbocycles. The average Bonchev–Trinajstić information content (AvgIpc) is 1.80. The van der Waals surface area contributed by atoms with Crippen LogP contribution < -0.4 is 0 Å². The lowest BCUT2D eigenvalue weighted by Gasteiger charge is -1.93. The van der Waals surface area contributed by atoms with Gasteiger partial charge in [-0.1, -0.05) is 0 Å². The topological polar surface area (TPSA) is 12.9 Å². The van der Waals surface area contributed by atoms with Gasteiger partial charge in [-0.3, -0.25) is 0 Å². The van der Waals surface area contributed by atoms with Crippen molar-refractivity contribution in [3.05, 3.63) is 27.3 Å². The van der Waals surface area contributed by atoms with E-state index in [0.29, 0.717) is 5.56 Å². The second-order valence-corrected chi connectivity index (χ2v) is 2.86. The molecule has 0 aliphatic heterocycles. The zero-order valence-electron chi connectivity index (χ0n) is 4.86. The standard InChI is InChI=1S/C6H5FIN/c1-4-2-6(8)9-3-5(4)7/h2-3H,1H3. The van der Waals surface area contributed by atoms with E-state index < -0.39 is 0 Å². The van der Waals surface area contributed by atoms with Gasteiger partial charge in [0.05, 0.1) is 6.20 Å². The molecule has 0 aliphatic carbocycles. The summed E-state index contributed by atoms with van der Waals surface area (Å²) >= 11 is 2.04. The first kappa shape index (κ1) is 6.92. The van der Waals surface area contributed by atoms with Gasteiger partial charge in [0, 0.05) is 0 Å². The Labute approximate surface area is 66.4 Å². The van der Waals surface area contributed by atoms with Crippen LogP contribution in [-0.2, 0) is 0 Å². The Morgan fingerprint density at radius 3 is 2.78 bits per heavy atom. The largest absolute Gasteiger partial charge is 0.247 e. The van der Waals surface area contributed by atoms with Crippen LogP contribution in [0.5, 0.6) is 0 Å². The monoisotopic (exact) mass is 237 g/mol. The molecule has 0 spiro atoms. The van der Waals surface area contributed by atoms with Crippen molar-refractivity contribution >= 4 is 22.6 Å². The second-order valence-electron chi connectivity index (χ2n) is 1.76. The van der Waals surface area contributed by atoms with Crippen molar-refractivity contribution in [3.8, 4) is 0 Å². The molecule has 0 fully saturated rings. The summed E-state index contributed by atoms with van der Waals surface area (Å²) in [5, 5.41) is 0. The van der Waals surface area contributed by atoms with Crippen LogP contribution in [0.1, 0.15) is 5.56 Å². The highest BCUT2D eigenvalue weighted by Crippen LogP contribution is 2.06. The molecule has 0 N–H and O–H groups in total. The highest BCUT2D eigenvalue weighted by Gasteiger charge is 1.95. The van der Waals surface area contributed by atoms with Gasteiger partial charge in [0.25, 0.3) is 0 Å². The summed E-state index contributed by atoms with van der Waals surface area (Å²) in [6, 6.07) is 1.70. The van der Waals surface area contributed by atoms with E-state index in [-0.39, 0.29) is 5.82 Å². The van der Waals surface area contributed by atoms with Gasteiger partial charge in [-0.15, -0.1) is 0 Å².